The fraction of sp³-hybridized carbons (Fsp3) is 1.00. The fourth-order valence-electron chi connectivity index (χ4n) is 13.0. The molecule has 2 saturated heterocycles. The number of nitrogens with one attached hydrogen (secondary N) is 1. The van der Waals surface area contributed by atoms with Crippen molar-refractivity contribution in [2.45, 2.75) is 142 Å². The first kappa shape index (κ1) is 29.4. The molecule has 2 unspecified atom stereocenters. The number of ether oxygens (including phenoxy) is 3. The van der Waals surface area contributed by atoms with Crippen molar-refractivity contribution in [3.63, 3.8) is 0 Å². The highest BCUT2D eigenvalue weighted by molar-refractivity contribution is 5.33. The molecule has 5 saturated carbocycles. The molecular weight excluding hydrogens is 518 g/mol. The average molecular weight is 576 g/mol. The molecule has 0 aromatic rings. The molecule has 0 radical (unpaired) electrons. The van der Waals surface area contributed by atoms with Crippen LogP contribution in [0.1, 0.15) is 99.8 Å². The summed E-state index contributed by atoms with van der Waals surface area (Å²) in [5.74, 6) is 1.70. The zero-order chi connectivity index (χ0) is 29.4. The third kappa shape index (κ3) is 3.69. The minimum atomic E-state index is -1.24. The summed E-state index contributed by atoms with van der Waals surface area (Å²) in [5, 5.41) is 37.3. The molecule has 7 nitrogen and oxygen atoms in total. The van der Waals surface area contributed by atoms with Gasteiger partial charge in [-0.05, 0) is 111 Å². The molecule has 0 aromatic heterocycles. The van der Waals surface area contributed by atoms with E-state index < -0.39 is 23.9 Å². The number of aliphatic hydroxyl groups excluding tert-OH is 2. The first-order valence-electron chi connectivity index (χ1n) is 16.9. The molecule has 4 N–H and O–H groups in total. The fourth-order valence-corrected chi connectivity index (χ4v) is 13.0. The van der Waals surface area contributed by atoms with Crippen molar-refractivity contribution in [3.05, 3.63) is 0 Å². The maximum Gasteiger partial charge on any atom is 0.170 e. The molecule has 234 valence electrons. The number of rotatable bonds is 4. The molecule has 7 heteroatoms. The van der Waals surface area contributed by atoms with Crippen molar-refractivity contribution in [1.29, 1.82) is 0 Å². The average Bonchev–Trinajstić information content (AvgIpc) is 3.54. The molecule has 5 aliphatic carbocycles. The minimum absolute atomic E-state index is 0.00512. The maximum absolute atomic E-state index is 12.3. The van der Waals surface area contributed by atoms with Gasteiger partial charge in [0.2, 0.25) is 0 Å². The van der Waals surface area contributed by atoms with Gasteiger partial charge >= 0.3 is 0 Å². The summed E-state index contributed by atoms with van der Waals surface area (Å²) in [5.41, 5.74) is -0.714. The van der Waals surface area contributed by atoms with Gasteiger partial charge in [0.1, 0.15) is 6.10 Å². The minimum Gasteiger partial charge on any atom is -0.390 e. The van der Waals surface area contributed by atoms with Gasteiger partial charge < -0.3 is 34.8 Å². The molecule has 2 aliphatic heterocycles. The van der Waals surface area contributed by atoms with Gasteiger partial charge in [-0.15, -0.1) is 0 Å². The lowest BCUT2D eigenvalue weighted by molar-refractivity contribution is -0.237. The number of hydrogen-bond donors (Lipinski definition) is 4. The third-order valence-corrected chi connectivity index (χ3v) is 15.1. The third-order valence-electron chi connectivity index (χ3n) is 15.1. The second-order valence-electron chi connectivity index (χ2n) is 17.3. The predicted octanol–water partition coefficient (Wildman–Crippen LogP) is 4.26. The van der Waals surface area contributed by atoms with Crippen LogP contribution in [0, 0.1) is 50.7 Å². The van der Waals surface area contributed by atoms with E-state index in [1.54, 1.807) is 13.8 Å². The standard InChI is InChI=1S/C34H57NO6/c1-19-16-20(27(36)30(4,5)38)40-26-25(19)31(6)12-13-34-18-33(34)11-10-23(41-24-17-35-14-15-39-24)29(2,3)21(33)8-9-22(34)32(31,7)28(26)37/h19-28,35-38H,8-18H2,1-7H3/t19-,20-,21+,22+,23+,24?,25?,26+,27+,28+,31-,32-,33-,34+/m1/s1. The van der Waals surface area contributed by atoms with Crippen LogP contribution < -0.4 is 5.32 Å². The van der Waals surface area contributed by atoms with E-state index in [-0.39, 0.29) is 40.7 Å². The van der Waals surface area contributed by atoms with Gasteiger partial charge in [0, 0.05) is 18.5 Å². The van der Waals surface area contributed by atoms with Crippen LogP contribution in [0.4, 0.5) is 0 Å². The first-order valence-corrected chi connectivity index (χ1v) is 16.9. The molecule has 0 bridgehead atoms. The monoisotopic (exact) mass is 575 g/mol. The van der Waals surface area contributed by atoms with Gasteiger partial charge in [-0.3, -0.25) is 0 Å². The summed E-state index contributed by atoms with van der Waals surface area (Å²) in [4.78, 5) is 0. The number of aliphatic hydroxyl groups is 3. The first-order chi connectivity index (χ1) is 19.1. The van der Waals surface area contributed by atoms with Gasteiger partial charge in [0.05, 0.1) is 36.6 Å². The quantitative estimate of drug-likeness (QED) is 0.398. The number of fused-ring (bicyclic) bond motifs is 4. The Morgan fingerprint density at radius 3 is 2.39 bits per heavy atom. The van der Waals surface area contributed by atoms with Crippen molar-refractivity contribution in [3.8, 4) is 0 Å². The zero-order valence-corrected chi connectivity index (χ0v) is 26.6. The SMILES string of the molecule is C[C@@H]1C[C@H]([C@H](O)C(C)(C)O)O[C@H]2C1[C@@]1(C)CC[C@@]34C[C@@]35CC[C@H](OC3CNCCO3)C(C)(C)[C@@H]5CC[C@H]4[C@]1(C)[C@H]2O. The summed E-state index contributed by atoms with van der Waals surface area (Å²) in [6.45, 7) is 17.8. The molecule has 7 rings (SSSR count). The molecule has 2 heterocycles. The summed E-state index contributed by atoms with van der Waals surface area (Å²) in [7, 11) is 0. The van der Waals surface area contributed by atoms with Crippen molar-refractivity contribution >= 4 is 0 Å². The van der Waals surface area contributed by atoms with Gasteiger partial charge in [0.25, 0.3) is 0 Å². The van der Waals surface area contributed by atoms with E-state index in [4.69, 9.17) is 14.2 Å². The summed E-state index contributed by atoms with van der Waals surface area (Å²) >= 11 is 0. The van der Waals surface area contributed by atoms with Gasteiger partial charge in [-0.25, -0.2) is 0 Å². The number of hydrogen-bond acceptors (Lipinski definition) is 7. The van der Waals surface area contributed by atoms with Crippen LogP contribution in [0.3, 0.4) is 0 Å². The van der Waals surface area contributed by atoms with Crippen LogP contribution in [-0.4, -0.2) is 77.4 Å². The van der Waals surface area contributed by atoms with Crippen molar-refractivity contribution < 1.29 is 29.5 Å². The van der Waals surface area contributed by atoms with E-state index >= 15 is 0 Å². The van der Waals surface area contributed by atoms with E-state index in [2.05, 4.69) is 39.9 Å². The van der Waals surface area contributed by atoms with Crippen LogP contribution >= 0.6 is 0 Å². The Bertz CT molecular complexity index is 1040. The smallest absolute Gasteiger partial charge is 0.170 e. The Morgan fingerprint density at radius 2 is 1.71 bits per heavy atom. The largest absolute Gasteiger partial charge is 0.390 e. The Hall–Kier alpha value is -0.280. The highest BCUT2D eigenvalue weighted by Crippen LogP contribution is 2.89. The lowest BCUT2D eigenvalue weighted by atomic mass is 9.41. The van der Waals surface area contributed by atoms with E-state index in [9.17, 15) is 15.3 Å². The summed E-state index contributed by atoms with van der Waals surface area (Å²) in [6.07, 6.45) is 6.92. The lowest BCUT2D eigenvalue weighted by Gasteiger charge is -2.64. The van der Waals surface area contributed by atoms with Crippen molar-refractivity contribution in [2.24, 2.45) is 50.7 Å². The maximum atomic E-state index is 12.3. The number of morpholine rings is 1. The van der Waals surface area contributed by atoms with Crippen LogP contribution in [0.15, 0.2) is 0 Å². The van der Waals surface area contributed by atoms with E-state index in [1.807, 2.05) is 0 Å². The van der Waals surface area contributed by atoms with Gasteiger partial charge in [0.15, 0.2) is 6.29 Å². The second kappa shape index (κ2) is 9.14. The second-order valence-corrected chi connectivity index (χ2v) is 17.3. The Balaban J connectivity index is 1.16. The molecule has 14 atom stereocenters. The summed E-state index contributed by atoms with van der Waals surface area (Å²) < 4.78 is 19.3. The van der Waals surface area contributed by atoms with Crippen LogP contribution in [-0.2, 0) is 14.2 Å². The van der Waals surface area contributed by atoms with Crippen LogP contribution in [0.5, 0.6) is 0 Å². The van der Waals surface area contributed by atoms with E-state index in [1.165, 1.54) is 25.7 Å². The topological polar surface area (TPSA) is 100 Å². The molecule has 7 aliphatic rings. The van der Waals surface area contributed by atoms with Gasteiger partial charge in [-0.2, -0.15) is 0 Å². The molecule has 2 spiro atoms. The Labute approximate surface area is 247 Å². The summed E-state index contributed by atoms with van der Waals surface area (Å²) in [6, 6.07) is 0. The Morgan fingerprint density at radius 1 is 1.00 bits per heavy atom. The zero-order valence-electron chi connectivity index (χ0n) is 26.6. The molecule has 0 amide bonds. The normalized spacial score (nSPS) is 56.5. The van der Waals surface area contributed by atoms with Gasteiger partial charge in [-0.1, -0.05) is 34.6 Å². The highest BCUT2D eigenvalue weighted by Gasteiger charge is 2.84. The van der Waals surface area contributed by atoms with Crippen LogP contribution in [0.2, 0.25) is 0 Å². The van der Waals surface area contributed by atoms with Crippen molar-refractivity contribution in [2.75, 3.05) is 19.7 Å². The van der Waals surface area contributed by atoms with E-state index in [0.717, 1.165) is 45.4 Å². The highest BCUT2D eigenvalue weighted by atomic mass is 16.7. The lowest BCUT2D eigenvalue weighted by Crippen LogP contribution is -2.60. The van der Waals surface area contributed by atoms with Crippen molar-refractivity contribution in [1.82, 2.24) is 5.32 Å². The molecule has 7 fully saturated rings. The molecular formula is C34H57NO6. The Kier molecular flexibility index (Phi) is 6.56. The molecule has 0 aromatic carbocycles. The van der Waals surface area contributed by atoms with E-state index in [0.29, 0.717) is 28.6 Å². The predicted molar refractivity (Wildman–Crippen MR) is 156 cm³/mol. The molecule has 41 heavy (non-hydrogen) atoms. The van der Waals surface area contributed by atoms with Crippen LogP contribution in [0.25, 0.3) is 0 Å².